The SMILES string of the molecule is COc1ccc(Cn2c(-c3ccc(OC)cc3)c(Cl)nc(C(=O)c3ccc(OC)cc3)c2=O)cc1. The molecule has 7 nitrogen and oxygen atoms in total. The van der Waals surface area contributed by atoms with Crippen LogP contribution >= 0.6 is 11.6 Å². The fourth-order valence-electron chi connectivity index (χ4n) is 3.65. The number of ether oxygens (including phenoxy) is 3. The predicted octanol–water partition coefficient (Wildman–Crippen LogP) is 4.87. The van der Waals surface area contributed by atoms with Gasteiger partial charge in [0.1, 0.15) is 17.2 Å². The lowest BCUT2D eigenvalue weighted by Gasteiger charge is -2.16. The van der Waals surface area contributed by atoms with Gasteiger partial charge in [0.05, 0.1) is 33.6 Å². The zero-order valence-corrected chi connectivity index (χ0v) is 20.2. The van der Waals surface area contributed by atoms with Crippen LogP contribution in [0, 0.1) is 0 Å². The number of carbonyl (C=O) groups excluding carboxylic acids is 1. The van der Waals surface area contributed by atoms with E-state index >= 15 is 0 Å². The van der Waals surface area contributed by atoms with E-state index in [2.05, 4.69) is 4.98 Å². The molecule has 4 aromatic rings. The second-order valence-electron chi connectivity index (χ2n) is 7.63. The number of hydrogen-bond acceptors (Lipinski definition) is 6. The first-order chi connectivity index (χ1) is 16.9. The Morgan fingerprint density at radius 2 is 1.29 bits per heavy atom. The van der Waals surface area contributed by atoms with Crippen molar-refractivity contribution in [3.63, 3.8) is 0 Å². The zero-order chi connectivity index (χ0) is 24.9. The molecule has 4 rings (SSSR count). The number of ketones is 1. The fourth-order valence-corrected chi connectivity index (χ4v) is 3.95. The lowest BCUT2D eigenvalue weighted by atomic mass is 10.1. The smallest absolute Gasteiger partial charge is 0.281 e. The van der Waals surface area contributed by atoms with E-state index in [-0.39, 0.29) is 17.4 Å². The van der Waals surface area contributed by atoms with E-state index in [9.17, 15) is 9.59 Å². The summed E-state index contributed by atoms with van der Waals surface area (Å²) in [6.07, 6.45) is 0. The molecule has 1 heterocycles. The van der Waals surface area contributed by atoms with Gasteiger partial charge in [0.2, 0.25) is 5.78 Å². The van der Waals surface area contributed by atoms with Crippen LogP contribution in [0.5, 0.6) is 17.2 Å². The predicted molar refractivity (Wildman–Crippen MR) is 134 cm³/mol. The number of benzene rings is 3. The number of halogens is 1. The first-order valence-corrected chi connectivity index (χ1v) is 11.1. The Kier molecular flexibility index (Phi) is 7.17. The van der Waals surface area contributed by atoms with Gasteiger partial charge in [0.25, 0.3) is 5.56 Å². The minimum absolute atomic E-state index is 0.0418. The third-order valence-electron chi connectivity index (χ3n) is 5.55. The average molecular weight is 491 g/mol. The highest BCUT2D eigenvalue weighted by molar-refractivity contribution is 6.32. The summed E-state index contributed by atoms with van der Waals surface area (Å²) in [5.74, 6) is 1.43. The molecule has 0 saturated carbocycles. The molecule has 0 atom stereocenters. The van der Waals surface area contributed by atoms with Gasteiger partial charge in [-0.15, -0.1) is 0 Å². The molecule has 178 valence electrons. The number of rotatable bonds is 8. The van der Waals surface area contributed by atoms with Gasteiger partial charge in [-0.2, -0.15) is 0 Å². The van der Waals surface area contributed by atoms with E-state index < -0.39 is 11.3 Å². The highest BCUT2D eigenvalue weighted by Gasteiger charge is 2.23. The molecular formula is C27H23ClN2O5. The summed E-state index contributed by atoms with van der Waals surface area (Å²) >= 11 is 6.61. The Hall–Kier alpha value is -4.10. The van der Waals surface area contributed by atoms with Crippen LogP contribution in [0.4, 0.5) is 0 Å². The minimum atomic E-state index is -0.545. The topological polar surface area (TPSA) is 79.7 Å². The van der Waals surface area contributed by atoms with Crippen molar-refractivity contribution in [3.05, 3.63) is 105 Å². The molecule has 8 heteroatoms. The molecule has 0 bridgehead atoms. The third-order valence-corrected chi connectivity index (χ3v) is 5.82. The molecule has 0 aliphatic carbocycles. The van der Waals surface area contributed by atoms with Crippen LogP contribution in [-0.2, 0) is 6.54 Å². The summed E-state index contributed by atoms with van der Waals surface area (Å²) in [6, 6.07) is 20.9. The highest BCUT2D eigenvalue weighted by atomic mass is 35.5. The van der Waals surface area contributed by atoms with Gasteiger partial charge in [0.15, 0.2) is 10.8 Å². The number of aromatic nitrogens is 2. The maximum absolute atomic E-state index is 13.7. The number of methoxy groups -OCH3 is 3. The van der Waals surface area contributed by atoms with Crippen molar-refractivity contribution in [2.75, 3.05) is 21.3 Å². The maximum Gasteiger partial charge on any atom is 0.281 e. The van der Waals surface area contributed by atoms with Gasteiger partial charge in [-0.25, -0.2) is 4.98 Å². The normalized spacial score (nSPS) is 10.6. The third kappa shape index (κ3) is 5.05. The second-order valence-corrected chi connectivity index (χ2v) is 7.98. The van der Waals surface area contributed by atoms with E-state index in [0.29, 0.717) is 34.1 Å². The van der Waals surface area contributed by atoms with E-state index in [0.717, 1.165) is 5.56 Å². The summed E-state index contributed by atoms with van der Waals surface area (Å²) in [5.41, 5.74) is 1.40. The zero-order valence-electron chi connectivity index (χ0n) is 19.4. The van der Waals surface area contributed by atoms with E-state index in [1.807, 2.05) is 12.1 Å². The molecule has 0 aliphatic heterocycles. The molecule has 0 radical (unpaired) electrons. The molecule has 3 aromatic carbocycles. The summed E-state index contributed by atoms with van der Waals surface area (Å²) < 4.78 is 17.1. The highest BCUT2D eigenvalue weighted by Crippen LogP contribution is 2.28. The quantitative estimate of drug-likeness (QED) is 0.328. The van der Waals surface area contributed by atoms with Crippen LogP contribution in [0.1, 0.15) is 21.6 Å². The van der Waals surface area contributed by atoms with E-state index in [1.54, 1.807) is 74.9 Å². The average Bonchev–Trinajstić information content (AvgIpc) is 2.91. The first kappa shape index (κ1) is 24.0. The van der Waals surface area contributed by atoms with Gasteiger partial charge < -0.3 is 14.2 Å². The molecule has 35 heavy (non-hydrogen) atoms. The first-order valence-electron chi connectivity index (χ1n) is 10.7. The summed E-state index contributed by atoms with van der Waals surface area (Å²) in [4.78, 5) is 31.1. The van der Waals surface area contributed by atoms with Crippen LogP contribution in [0.15, 0.2) is 77.6 Å². The Labute approximate surface area is 207 Å². The summed E-state index contributed by atoms with van der Waals surface area (Å²) in [7, 11) is 4.69. The summed E-state index contributed by atoms with van der Waals surface area (Å²) in [6.45, 7) is 0.176. The van der Waals surface area contributed by atoms with Crippen LogP contribution < -0.4 is 19.8 Å². The maximum atomic E-state index is 13.7. The molecule has 0 fully saturated rings. The molecular weight excluding hydrogens is 468 g/mol. The van der Waals surface area contributed by atoms with Gasteiger partial charge in [-0.05, 0) is 66.2 Å². The summed E-state index contributed by atoms with van der Waals surface area (Å²) in [5, 5.41) is 0.0418. The number of nitrogens with zero attached hydrogens (tertiary/aromatic N) is 2. The van der Waals surface area contributed by atoms with Gasteiger partial charge in [-0.3, -0.25) is 14.2 Å². The van der Waals surface area contributed by atoms with Crippen molar-refractivity contribution in [1.82, 2.24) is 9.55 Å². The van der Waals surface area contributed by atoms with Crippen molar-refractivity contribution in [1.29, 1.82) is 0 Å². The molecule has 0 N–H and O–H groups in total. The van der Waals surface area contributed by atoms with Crippen LogP contribution in [0.25, 0.3) is 11.3 Å². The monoisotopic (exact) mass is 490 g/mol. The largest absolute Gasteiger partial charge is 0.497 e. The minimum Gasteiger partial charge on any atom is -0.497 e. The number of hydrogen-bond donors (Lipinski definition) is 0. The second kappa shape index (κ2) is 10.4. The van der Waals surface area contributed by atoms with Crippen molar-refractivity contribution >= 4 is 17.4 Å². The van der Waals surface area contributed by atoms with Gasteiger partial charge in [0, 0.05) is 11.1 Å². The Morgan fingerprint density at radius 3 is 1.80 bits per heavy atom. The Balaban J connectivity index is 1.86. The Bertz CT molecular complexity index is 1400. The van der Waals surface area contributed by atoms with Gasteiger partial charge >= 0.3 is 0 Å². The van der Waals surface area contributed by atoms with Crippen LogP contribution in [0.2, 0.25) is 5.15 Å². The molecule has 0 unspecified atom stereocenters. The van der Waals surface area contributed by atoms with Crippen molar-refractivity contribution < 1.29 is 19.0 Å². The Morgan fingerprint density at radius 1 is 0.800 bits per heavy atom. The molecule has 0 saturated heterocycles. The fraction of sp³-hybridized carbons (Fsp3) is 0.148. The van der Waals surface area contributed by atoms with Crippen molar-refractivity contribution in [3.8, 4) is 28.5 Å². The lowest BCUT2D eigenvalue weighted by Crippen LogP contribution is -2.30. The van der Waals surface area contributed by atoms with Crippen LogP contribution in [-0.4, -0.2) is 36.7 Å². The van der Waals surface area contributed by atoms with Crippen LogP contribution in [0.3, 0.4) is 0 Å². The molecule has 0 amide bonds. The molecule has 0 spiro atoms. The van der Waals surface area contributed by atoms with Crippen molar-refractivity contribution in [2.45, 2.75) is 6.54 Å². The lowest BCUT2D eigenvalue weighted by molar-refractivity contribution is 0.103. The molecule has 1 aromatic heterocycles. The van der Waals surface area contributed by atoms with E-state index in [1.165, 1.54) is 11.7 Å². The van der Waals surface area contributed by atoms with Crippen molar-refractivity contribution in [2.24, 2.45) is 0 Å². The van der Waals surface area contributed by atoms with E-state index in [4.69, 9.17) is 25.8 Å². The standard InChI is InChI=1S/C27H23ClN2O5/c1-33-20-10-4-17(5-11-20)16-30-24(18-6-12-21(34-2)13-7-18)26(28)29-23(27(30)32)25(31)19-8-14-22(35-3)15-9-19/h4-15H,16H2,1-3H3. The van der Waals surface area contributed by atoms with Gasteiger partial charge in [-0.1, -0.05) is 23.7 Å². The molecule has 0 aliphatic rings. The number of carbonyl (C=O) groups is 1.